The molecule has 3 aromatic rings. The molecule has 0 aliphatic carbocycles. The Morgan fingerprint density at radius 3 is 2.77 bits per heavy atom. The number of nitro groups is 1. The lowest BCUT2D eigenvalue weighted by molar-refractivity contribution is -0.384. The van der Waals surface area contributed by atoms with E-state index in [1.54, 1.807) is 18.2 Å². The molecule has 0 unspecified atom stereocenters. The van der Waals surface area contributed by atoms with Crippen molar-refractivity contribution in [1.29, 1.82) is 0 Å². The number of aromatic nitrogens is 3. The van der Waals surface area contributed by atoms with E-state index in [9.17, 15) is 14.9 Å². The third-order valence-electron chi connectivity index (χ3n) is 4.19. The standard InChI is InChI=1S/C19H20N6O4S/c1-3-24-18(12-5-4-6-13(20)9-12)22-23-19(24)30-11-17(26)21-15-8-7-14(29-2)10-16(15)25(27)28/h4-10H,3,11,20H2,1-2H3,(H,21,26). The number of nitro benzene ring substituents is 1. The molecule has 11 heteroatoms. The maximum absolute atomic E-state index is 12.4. The number of benzene rings is 2. The second-order valence-corrected chi connectivity index (χ2v) is 7.10. The number of hydrogen-bond donors (Lipinski definition) is 2. The van der Waals surface area contributed by atoms with Gasteiger partial charge in [0.05, 0.1) is 23.9 Å². The molecule has 0 saturated carbocycles. The van der Waals surface area contributed by atoms with Gasteiger partial charge in [0.2, 0.25) is 5.91 Å². The molecule has 1 aromatic heterocycles. The molecule has 2 aromatic carbocycles. The average Bonchev–Trinajstić information content (AvgIpc) is 3.15. The highest BCUT2D eigenvalue weighted by atomic mass is 32.2. The summed E-state index contributed by atoms with van der Waals surface area (Å²) >= 11 is 1.19. The first-order valence-corrected chi connectivity index (χ1v) is 9.95. The predicted molar refractivity (Wildman–Crippen MR) is 115 cm³/mol. The second kappa shape index (κ2) is 9.27. The lowest BCUT2D eigenvalue weighted by Crippen LogP contribution is -2.15. The Hall–Kier alpha value is -3.60. The Morgan fingerprint density at radius 1 is 1.30 bits per heavy atom. The van der Waals surface area contributed by atoms with Gasteiger partial charge in [-0.1, -0.05) is 23.9 Å². The average molecular weight is 428 g/mol. The fourth-order valence-corrected chi connectivity index (χ4v) is 3.59. The molecular weight excluding hydrogens is 408 g/mol. The van der Waals surface area contributed by atoms with E-state index in [-0.39, 0.29) is 17.1 Å². The number of thioether (sulfide) groups is 1. The minimum absolute atomic E-state index is 0.0121. The molecule has 1 amide bonds. The van der Waals surface area contributed by atoms with Crippen molar-refractivity contribution in [2.45, 2.75) is 18.6 Å². The van der Waals surface area contributed by atoms with E-state index in [1.165, 1.54) is 31.0 Å². The van der Waals surface area contributed by atoms with Crippen LogP contribution >= 0.6 is 11.8 Å². The second-order valence-electron chi connectivity index (χ2n) is 6.15. The highest BCUT2D eigenvalue weighted by molar-refractivity contribution is 7.99. The molecular formula is C19H20N6O4S. The lowest BCUT2D eigenvalue weighted by atomic mass is 10.2. The zero-order valence-corrected chi connectivity index (χ0v) is 17.2. The Bertz CT molecular complexity index is 1080. The highest BCUT2D eigenvalue weighted by Gasteiger charge is 2.19. The van der Waals surface area contributed by atoms with Crippen molar-refractivity contribution in [2.24, 2.45) is 0 Å². The van der Waals surface area contributed by atoms with E-state index in [4.69, 9.17) is 10.5 Å². The van der Waals surface area contributed by atoms with Gasteiger partial charge in [-0.3, -0.25) is 14.9 Å². The van der Waals surface area contributed by atoms with Crippen LogP contribution in [0.15, 0.2) is 47.6 Å². The van der Waals surface area contributed by atoms with Crippen LogP contribution in [0, 0.1) is 10.1 Å². The van der Waals surface area contributed by atoms with Crippen LogP contribution in [0.3, 0.4) is 0 Å². The van der Waals surface area contributed by atoms with Crippen LogP contribution in [0.1, 0.15) is 6.92 Å². The van der Waals surface area contributed by atoms with Gasteiger partial charge < -0.3 is 20.4 Å². The van der Waals surface area contributed by atoms with Gasteiger partial charge in [0.1, 0.15) is 11.4 Å². The van der Waals surface area contributed by atoms with Gasteiger partial charge in [0.25, 0.3) is 5.69 Å². The number of carbonyl (C=O) groups excluding carboxylic acids is 1. The van der Waals surface area contributed by atoms with Gasteiger partial charge in [-0.25, -0.2) is 0 Å². The Kier molecular flexibility index (Phi) is 6.52. The molecule has 1 heterocycles. The smallest absolute Gasteiger partial charge is 0.296 e. The third-order valence-corrected chi connectivity index (χ3v) is 5.15. The topological polar surface area (TPSA) is 138 Å². The van der Waals surface area contributed by atoms with Crippen LogP contribution in [0.4, 0.5) is 17.1 Å². The highest BCUT2D eigenvalue weighted by Crippen LogP contribution is 2.30. The number of nitrogen functional groups attached to an aromatic ring is 1. The quantitative estimate of drug-likeness (QED) is 0.241. The molecule has 0 spiro atoms. The largest absolute Gasteiger partial charge is 0.496 e. The molecule has 0 atom stereocenters. The summed E-state index contributed by atoms with van der Waals surface area (Å²) in [5.74, 6) is 0.597. The van der Waals surface area contributed by atoms with Gasteiger partial charge in [-0.05, 0) is 31.2 Å². The van der Waals surface area contributed by atoms with E-state index in [1.807, 2.05) is 23.6 Å². The number of ether oxygens (including phenoxy) is 1. The van der Waals surface area contributed by atoms with Crippen molar-refractivity contribution < 1.29 is 14.5 Å². The molecule has 3 N–H and O–H groups in total. The number of amides is 1. The minimum atomic E-state index is -0.573. The summed E-state index contributed by atoms with van der Waals surface area (Å²) in [7, 11) is 1.41. The van der Waals surface area contributed by atoms with Gasteiger partial charge in [-0.15, -0.1) is 10.2 Å². The zero-order chi connectivity index (χ0) is 21.7. The SMILES string of the molecule is CCn1c(SCC(=O)Nc2ccc(OC)cc2[N+](=O)[O-])nnc1-c1cccc(N)c1. The Morgan fingerprint density at radius 2 is 2.10 bits per heavy atom. The van der Waals surface area contributed by atoms with Crippen LogP contribution < -0.4 is 15.8 Å². The van der Waals surface area contributed by atoms with Crippen molar-refractivity contribution in [3.63, 3.8) is 0 Å². The number of methoxy groups -OCH3 is 1. The zero-order valence-electron chi connectivity index (χ0n) is 16.4. The van der Waals surface area contributed by atoms with Gasteiger partial charge in [-0.2, -0.15) is 0 Å². The summed E-state index contributed by atoms with van der Waals surface area (Å²) in [5.41, 5.74) is 7.15. The monoisotopic (exact) mass is 428 g/mol. The molecule has 30 heavy (non-hydrogen) atoms. The summed E-state index contributed by atoms with van der Waals surface area (Å²) < 4.78 is 6.87. The van der Waals surface area contributed by atoms with E-state index in [2.05, 4.69) is 15.5 Å². The van der Waals surface area contributed by atoms with E-state index in [0.29, 0.717) is 29.0 Å². The molecule has 156 valence electrons. The summed E-state index contributed by atoms with van der Waals surface area (Å²) in [5, 5.41) is 22.8. The first-order valence-electron chi connectivity index (χ1n) is 8.97. The fourth-order valence-electron chi connectivity index (χ4n) is 2.78. The van der Waals surface area contributed by atoms with Gasteiger partial charge in [0, 0.05) is 17.8 Å². The molecule has 0 radical (unpaired) electrons. The Labute approximate surface area is 176 Å². The maximum Gasteiger partial charge on any atom is 0.296 e. The third kappa shape index (κ3) is 4.69. The minimum Gasteiger partial charge on any atom is -0.496 e. The maximum atomic E-state index is 12.4. The number of carbonyl (C=O) groups is 1. The van der Waals surface area contributed by atoms with E-state index in [0.717, 1.165) is 5.56 Å². The number of nitrogens with one attached hydrogen (secondary N) is 1. The summed E-state index contributed by atoms with van der Waals surface area (Å²) in [6.07, 6.45) is 0. The first-order chi connectivity index (χ1) is 14.4. The Balaban J connectivity index is 1.72. The predicted octanol–water partition coefficient (Wildman–Crippen LogP) is 3.19. The van der Waals surface area contributed by atoms with Crippen molar-refractivity contribution in [3.8, 4) is 17.1 Å². The number of rotatable bonds is 8. The van der Waals surface area contributed by atoms with Gasteiger partial charge >= 0.3 is 0 Å². The summed E-state index contributed by atoms with van der Waals surface area (Å²) in [6.45, 7) is 2.55. The van der Waals surface area contributed by atoms with Crippen LogP contribution in [-0.2, 0) is 11.3 Å². The van der Waals surface area contributed by atoms with Crippen LogP contribution in [-0.4, -0.2) is 38.5 Å². The van der Waals surface area contributed by atoms with E-state index >= 15 is 0 Å². The normalized spacial score (nSPS) is 10.6. The molecule has 3 rings (SSSR count). The van der Waals surface area contributed by atoms with Crippen molar-refractivity contribution in [2.75, 3.05) is 23.9 Å². The first kappa shape index (κ1) is 21.1. The van der Waals surface area contributed by atoms with Crippen molar-refractivity contribution in [3.05, 3.63) is 52.6 Å². The molecule has 0 fully saturated rings. The van der Waals surface area contributed by atoms with Crippen LogP contribution in [0.5, 0.6) is 5.75 Å². The summed E-state index contributed by atoms with van der Waals surface area (Å²) in [6, 6.07) is 11.5. The van der Waals surface area contributed by atoms with Crippen LogP contribution in [0.2, 0.25) is 0 Å². The van der Waals surface area contributed by atoms with Crippen molar-refractivity contribution >= 4 is 34.7 Å². The van der Waals surface area contributed by atoms with Gasteiger partial charge in [0.15, 0.2) is 11.0 Å². The lowest BCUT2D eigenvalue weighted by Gasteiger charge is -2.09. The van der Waals surface area contributed by atoms with Crippen LogP contribution in [0.25, 0.3) is 11.4 Å². The molecule has 0 saturated heterocycles. The van der Waals surface area contributed by atoms with E-state index < -0.39 is 10.8 Å². The molecule has 10 nitrogen and oxygen atoms in total. The molecule has 0 aliphatic rings. The molecule has 0 aliphatic heterocycles. The number of nitrogens with two attached hydrogens (primary N) is 1. The fraction of sp³-hybridized carbons (Fsp3) is 0.211. The molecule has 0 bridgehead atoms. The number of anilines is 2. The number of hydrogen-bond acceptors (Lipinski definition) is 8. The summed E-state index contributed by atoms with van der Waals surface area (Å²) in [4.78, 5) is 23.1. The number of nitrogens with zero attached hydrogens (tertiary/aromatic N) is 4. The van der Waals surface area contributed by atoms with Crippen molar-refractivity contribution in [1.82, 2.24) is 14.8 Å².